The van der Waals surface area contributed by atoms with Gasteiger partial charge in [-0.2, -0.15) is 0 Å². The number of aromatic amines is 1. The molecule has 1 aromatic heterocycles. The van der Waals surface area contributed by atoms with Crippen LogP contribution >= 0.6 is 27.7 Å². The lowest BCUT2D eigenvalue weighted by atomic mass is 10.2. The molecule has 0 radical (unpaired) electrons. The Morgan fingerprint density at radius 3 is 2.95 bits per heavy atom. The molecule has 2 aromatic carbocycles. The Kier molecular flexibility index (Phi) is 4.49. The highest BCUT2D eigenvalue weighted by Crippen LogP contribution is 2.23. The van der Waals surface area contributed by atoms with Gasteiger partial charge in [0.15, 0.2) is 5.16 Å². The summed E-state index contributed by atoms with van der Waals surface area (Å²) in [7, 11) is 0. The van der Waals surface area contributed by atoms with Crippen molar-refractivity contribution in [2.24, 2.45) is 0 Å². The molecule has 0 unspecified atom stereocenters. The standard InChI is InChI=1S/C16H14BrN3OS/c1-10-6-7-13-14(8-10)20-16(19-13)22-9-15(21)18-12-5-3-2-4-11(12)17/h2-8H,9H2,1H3,(H,18,21)(H,19,20). The van der Waals surface area contributed by atoms with E-state index in [2.05, 4.69) is 31.2 Å². The highest BCUT2D eigenvalue weighted by Gasteiger charge is 2.08. The fourth-order valence-corrected chi connectivity index (χ4v) is 3.12. The number of amides is 1. The van der Waals surface area contributed by atoms with Crippen molar-refractivity contribution in [3.63, 3.8) is 0 Å². The monoisotopic (exact) mass is 375 g/mol. The van der Waals surface area contributed by atoms with E-state index in [9.17, 15) is 4.79 Å². The van der Waals surface area contributed by atoms with Gasteiger partial charge in [0, 0.05) is 4.47 Å². The summed E-state index contributed by atoms with van der Waals surface area (Å²) in [6, 6.07) is 13.6. The van der Waals surface area contributed by atoms with Crippen molar-refractivity contribution in [3.8, 4) is 0 Å². The molecule has 0 aliphatic carbocycles. The summed E-state index contributed by atoms with van der Waals surface area (Å²) in [5.74, 6) is 0.244. The quantitative estimate of drug-likeness (QED) is 0.665. The number of hydrogen-bond acceptors (Lipinski definition) is 3. The molecule has 0 saturated heterocycles. The van der Waals surface area contributed by atoms with Gasteiger partial charge >= 0.3 is 0 Å². The van der Waals surface area contributed by atoms with Crippen molar-refractivity contribution >= 4 is 50.3 Å². The summed E-state index contributed by atoms with van der Waals surface area (Å²) >= 11 is 4.80. The molecule has 6 heteroatoms. The topological polar surface area (TPSA) is 57.8 Å². The number of para-hydroxylation sites is 1. The molecule has 1 amide bonds. The zero-order valence-corrected chi connectivity index (χ0v) is 14.3. The number of carbonyl (C=O) groups excluding carboxylic acids is 1. The summed E-state index contributed by atoms with van der Waals surface area (Å²) in [6.45, 7) is 2.04. The average Bonchev–Trinajstić information content (AvgIpc) is 2.89. The van der Waals surface area contributed by atoms with Gasteiger partial charge in [-0.15, -0.1) is 0 Å². The Bertz CT molecular complexity index is 831. The first-order valence-electron chi connectivity index (χ1n) is 6.75. The number of halogens is 1. The Hall–Kier alpha value is -1.79. The van der Waals surface area contributed by atoms with Gasteiger partial charge in [0.25, 0.3) is 0 Å². The smallest absolute Gasteiger partial charge is 0.234 e. The lowest BCUT2D eigenvalue weighted by Crippen LogP contribution is -2.14. The second-order valence-electron chi connectivity index (χ2n) is 4.88. The number of rotatable bonds is 4. The highest BCUT2D eigenvalue weighted by atomic mass is 79.9. The molecule has 0 saturated carbocycles. The van der Waals surface area contributed by atoms with Crippen molar-refractivity contribution < 1.29 is 4.79 Å². The summed E-state index contributed by atoms with van der Waals surface area (Å²) in [5.41, 5.74) is 3.86. The van der Waals surface area contributed by atoms with Crippen LogP contribution in [0.3, 0.4) is 0 Å². The molecular formula is C16H14BrN3OS. The minimum Gasteiger partial charge on any atom is -0.333 e. The molecule has 0 bridgehead atoms. The van der Waals surface area contributed by atoms with Gasteiger partial charge in [-0.05, 0) is 52.7 Å². The molecule has 3 aromatic rings. The normalized spacial score (nSPS) is 10.8. The van der Waals surface area contributed by atoms with Gasteiger partial charge in [-0.1, -0.05) is 30.0 Å². The number of thioether (sulfide) groups is 1. The van der Waals surface area contributed by atoms with Crippen molar-refractivity contribution in [1.29, 1.82) is 0 Å². The van der Waals surface area contributed by atoms with Gasteiger partial charge in [-0.3, -0.25) is 4.79 Å². The first-order valence-corrected chi connectivity index (χ1v) is 8.53. The molecule has 1 heterocycles. The molecule has 112 valence electrons. The maximum Gasteiger partial charge on any atom is 0.234 e. The van der Waals surface area contributed by atoms with Crippen molar-refractivity contribution in [2.75, 3.05) is 11.1 Å². The lowest BCUT2D eigenvalue weighted by Gasteiger charge is -2.05. The number of benzene rings is 2. The molecule has 0 fully saturated rings. The first kappa shape index (κ1) is 15.1. The van der Waals surface area contributed by atoms with Gasteiger partial charge in [0.05, 0.1) is 22.5 Å². The molecule has 0 aliphatic heterocycles. The van der Waals surface area contributed by atoms with Crippen LogP contribution in [0.15, 0.2) is 52.1 Å². The van der Waals surface area contributed by atoms with Crippen LogP contribution in [0.2, 0.25) is 0 Å². The zero-order chi connectivity index (χ0) is 15.5. The number of nitrogens with one attached hydrogen (secondary N) is 2. The van der Waals surface area contributed by atoms with E-state index in [0.29, 0.717) is 5.75 Å². The van der Waals surface area contributed by atoms with Crippen LogP contribution in [-0.2, 0) is 4.79 Å². The van der Waals surface area contributed by atoms with Gasteiger partial charge in [0.2, 0.25) is 5.91 Å². The van der Waals surface area contributed by atoms with Crippen LogP contribution < -0.4 is 5.32 Å². The van der Waals surface area contributed by atoms with Crippen molar-refractivity contribution in [1.82, 2.24) is 9.97 Å². The number of fused-ring (bicyclic) bond motifs is 1. The van der Waals surface area contributed by atoms with Crippen LogP contribution in [0.1, 0.15) is 5.56 Å². The predicted octanol–water partition coefficient (Wildman–Crippen LogP) is 4.36. The maximum atomic E-state index is 12.0. The third kappa shape index (κ3) is 3.51. The number of hydrogen-bond donors (Lipinski definition) is 2. The summed E-state index contributed by atoms with van der Waals surface area (Å²) in [4.78, 5) is 19.7. The van der Waals surface area contributed by atoms with Crippen LogP contribution in [0.25, 0.3) is 11.0 Å². The van der Waals surface area contributed by atoms with Crippen LogP contribution in [0, 0.1) is 6.92 Å². The third-order valence-corrected chi connectivity index (χ3v) is 4.67. The van der Waals surface area contributed by atoms with E-state index in [1.165, 1.54) is 17.3 Å². The number of H-pyrrole nitrogens is 1. The summed E-state index contributed by atoms with van der Waals surface area (Å²) in [5, 5.41) is 3.63. The van der Waals surface area contributed by atoms with E-state index in [1.807, 2.05) is 49.4 Å². The number of nitrogens with zero attached hydrogens (tertiary/aromatic N) is 1. The SMILES string of the molecule is Cc1ccc2nc(SCC(=O)Nc3ccccc3Br)[nH]c2c1. The van der Waals surface area contributed by atoms with E-state index in [0.717, 1.165) is 26.3 Å². The minimum absolute atomic E-state index is 0.0615. The fourth-order valence-electron chi connectivity index (χ4n) is 2.05. The minimum atomic E-state index is -0.0615. The fraction of sp³-hybridized carbons (Fsp3) is 0.125. The molecule has 22 heavy (non-hydrogen) atoms. The largest absolute Gasteiger partial charge is 0.333 e. The van der Waals surface area contributed by atoms with E-state index >= 15 is 0 Å². The Morgan fingerprint density at radius 2 is 2.14 bits per heavy atom. The number of imidazole rings is 1. The van der Waals surface area contributed by atoms with Gasteiger partial charge in [-0.25, -0.2) is 4.98 Å². The molecule has 4 nitrogen and oxygen atoms in total. The second kappa shape index (κ2) is 6.54. The first-order chi connectivity index (χ1) is 10.6. The summed E-state index contributed by atoms with van der Waals surface area (Å²) < 4.78 is 0.868. The van der Waals surface area contributed by atoms with E-state index < -0.39 is 0 Å². The van der Waals surface area contributed by atoms with Crippen LogP contribution in [0.4, 0.5) is 5.69 Å². The van der Waals surface area contributed by atoms with Crippen LogP contribution in [0.5, 0.6) is 0 Å². The second-order valence-corrected chi connectivity index (χ2v) is 6.70. The third-order valence-electron chi connectivity index (χ3n) is 3.10. The molecule has 0 atom stereocenters. The number of anilines is 1. The average molecular weight is 376 g/mol. The summed E-state index contributed by atoms with van der Waals surface area (Å²) in [6.07, 6.45) is 0. The van der Waals surface area contributed by atoms with E-state index in [-0.39, 0.29) is 5.91 Å². The number of aromatic nitrogens is 2. The molecule has 0 aliphatic rings. The zero-order valence-electron chi connectivity index (χ0n) is 11.9. The lowest BCUT2D eigenvalue weighted by molar-refractivity contribution is -0.113. The molecule has 2 N–H and O–H groups in total. The molecule has 0 spiro atoms. The maximum absolute atomic E-state index is 12.0. The Balaban J connectivity index is 1.63. The van der Waals surface area contributed by atoms with Gasteiger partial charge in [0.1, 0.15) is 0 Å². The van der Waals surface area contributed by atoms with Crippen molar-refractivity contribution in [3.05, 3.63) is 52.5 Å². The number of carbonyl (C=O) groups is 1. The van der Waals surface area contributed by atoms with Gasteiger partial charge < -0.3 is 10.3 Å². The van der Waals surface area contributed by atoms with Crippen LogP contribution in [-0.4, -0.2) is 21.6 Å². The van der Waals surface area contributed by atoms with E-state index in [4.69, 9.17) is 0 Å². The van der Waals surface area contributed by atoms with Crippen molar-refractivity contribution in [2.45, 2.75) is 12.1 Å². The van der Waals surface area contributed by atoms with E-state index in [1.54, 1.807) is 0 Å². The molecular weight excluding hydrogens is 362 g/mol. The molecule has 3 rings (SSSR count). The Morgan fingerprint density at radius 1 is 1.32 bits per heavy atom. The predicted molar refractivity (Wildman–Crippen MR) is 94.3 cm³/mol. The highest BCUT2D eigenvalue weighted by molar-refractivity contribution is 9.10. The number of aryl methyl sites for hydroxylation is 1. The Labute approximate surface area is 140 Å².